The van der Waals surface area contributed by atoms with Crippen LogP contribution in [0, 0.1) is 0 Å². The fourth-order valence-electron chi connectivity index (χ4n) is 1.50. The van der Waals surface area contributed by atoms with Crippen LogP contribution in [0.15, 0.2) is 20.0 Å². The predicted molar refractivity (Wildman–Crippen MR) is 112 cm³/mol. The van der Waals surface area contributed by atoms with Crippen LogP contribution in [0.1, 0.15) is 25.7 Å². The van der Waals surface area contributed by atoms with Crippen molar-refractivity contribution in [3.63, 3.8) is 0 Å². The summed E-state index contributed by atoms with van der Waals surface area (Å²) in [4.78, 5) is 15.6. The van der Waals surface area contributed by atoms with Gasteiger partial charge in [-0.05, 0) is 0 Å². The van der Waals surface area contributed by atoms with Crippen LogP contribution >= 0.6 is 0 Å². The molecule has 0 fully saturated rings. The Morgan fingerprint density at radius 3 is 0.833 bits per heavy atom. The minimum Gasteiger partial charge on any atom is -0.396 e. The van der Waals surface area contributed by atoms with Crippen molar-refractivity contribution in [3.8, 4) is 0 Å². The molecule has 2 radical (unpaired) electrons. The van der Waals surface area contributed by atoms with Gasteiger partial charge in [0.05, 0.1) is 38.4 Å². The Hall–Kier alpha value is -0.521. The van der Waals surface area contributed by atoms with Crippen LogP contribution < -0.4 is 0 Å². The molecule has 0 aromatic rings. The zero-order valence-corrected chi connectivity index (χ0v) is 19.5. The van der Waals surface area contributed by atoms with Crippen LogP contribution in [-0.2, 0) is 34.1 Å². The number of aliphatic imine (C=N–C) groups is 4. The molecule has 0 unspecified atom stereocenters. The van der Waals surface area contributed by atoms with E-state index in [2.05, 4.69) is 20.0 Å². The van der Waals surface area contributed by atoms with Crippen molar-refractivity contribution in [2.24, 2.45) is 20.0 Å². The molecule has 10 nitrogen and oxygen atoms in total. The molecule has 12 heteroatoms. The first-order valence-corrected chi connectivity index (χ1v) is 9.35. The molecule has 0 amide bonds. The maximum atomic E-state index is 9.30. The average molecular weight is 514 g/mol. The van der Waals surface area contributed by atoms with Crippen molar-refractivity contribution in [1.82, 2.24) is 0 Å². The average Bonchev–Trinajstić information content (AvgIpc) is 2.70. The van der Waals surface area contributed by atoms with Crippen molar-refractivity contribution in [2.45, 2.75) is 37.9 Å². The summed E-state index contributed by atoms with van der Waals surface area (Å²) in [5, 5.41) is 52.3. The Bertz CT molecular complexity index is 355. The monoisotopic (exact) mass is 514 g/mol. The molecule has 0 aliphatic heterocycles. The maximum Gasteiger partial charge on any atom is 0.0929 e. The van der Waals surface area contributed by atoms with E-state index in [9.17, 15) is 10.2 Å². The number of aliphatic hydroxyl groups is 6. The molecular weight excluding hydrogens is 478 g/mol. The summed E-state index contributed by atoms with van der Waals surface area (Å²) in [5.41, 5.74) is 0. The van der Waals surface area contributed by atoms with E-state index in [0.717, 1.165) is 0 Å². The quantitative estimate of drug-likeness (QED) is 0.108. The zero-order valence-electron chi connectivity index (χ0n) is 17.2. The maximum absolute atomic E-state index is 9.30. The molecule has 0 aliphatic carbocycles. The molecule has 0 heterocycles. The van der Waals surface area contributed by atoms with Crippen LogP contribution in [0.2, 0.25) is 0 Å². The first kappa shape index (κ1) is 36.8. The summed E-state index contributed by atoms with van der Waals surface area (Å²) in [5.74, 6) is 0. The van der Waals surface area contributed by atoms with Gasteiger partial charge in [0.1, 0.15) is 0 Å². The Balaban J connectivity index is -0.000000211. The second-order valence-electron chi connectivity index (χ2n) is 5.55. The number of rotatable bonds is 16. The number of aliphatic hydroxyl groups excluding tert-OH is 6. The minimum atomic E-state index is -0.583. The van der Waals surface area contributed by atoms with Gasteiger partial charge in [-0.25, -0.2) is 0 Å². The van der Waals surface area contributed by atoms with E-state index >= 15 is 0 Å². The Morgan fingerprint density at radius 2 is 0.667 bits per heavy atom. The molecule has 0 rings (SSSR count). The summed E-state index contributed by atoms with van der Waals surface area (Å²) in [6.07, 6.45) is 7.23. The van der Waals surface area contributed by atoms with E-state index in [1.165, 1.54) is 0 Å². The molecule has 178 valence electrons. The topological polar surface area (TPSA) is 171 Å². The second kappa shape index (κ2) is 33.1. The summed E-state index contributed by atoms with van der Waals surface area (Å²) in [6.45, 7) is 1.52. The largest absolute Gasteiger partial charge is 0.396 e. The number of hydrogen-bond donors (Lipinski definition) is 6. The fraction of sp³-hybridized carbons (Fsp3) is 0.778. The van der Waals surface area contributed by atoms with E-state index in [1.807, 2.05) is 0 Å². The van der Waals surface area contributed by atoms with Crippen molar-refractivity contribution >= 4 is 24.9 Å². The summed E-state index contributed by atoms with van der Waals surface area (Å²) in [6, 6.07) is 0. The molecule has 0 aliphatic rings. The Kier molecular flexibility index (Phi) is 40.7. The molecule has 0 spiro atoms. The summed E-state index contributed by atoms with van der Waals surface area (Å²) >= 11 is 0. The normalized spacial score (nSPS) is 13.3. The zero-order chi connectivity index (χ0) is 21.3. The molecule has 0 saturated carbocycles. The molecule has 0 aromatic carbocycles. The predicted octanol–water partition coefficient (Wildman–Crippen LogP) is -1.50. The smallest absolute Gasteiger partial charge is 0.0929 e. The molecule has 0 atom stereocenters. The molecule has 6 N–H and O–H groups in total. The van der Waals surface area contributed by atoms with Gasteiger partial charge < -0.3 is 30.6 Å². The van der Waals surface area contributed by atoms with Gasteiger partial charge in [0.25, 0.3) is 0 Å². The van der Waals surface area contributed by atoms with Gasteiger partial charge in [0.2, 0.25) is 0 Å². The van der Waals surface area contributed by atoms with Crippen molar-refractivity contribution in [1.29, 1.82) is 0 Å². The van der Waals surface area contributed by atoms with Crippen LogP contribution in [0.4, 0.5) is 0 Å². The first-order valence-electron chi connectivity index (χ1n) is 9.35. The van der Waals surface area contributed by atoms with Crippen LogP contribution in [-0.4, -0.2) is 120 Å². The van der Waals surface area contributed by atoms with Gasteiger partial charge in [0.15, 0.2) is 0 Å². The van der Waals surface area contributed by atoms with Crippen LogP contribution in [0.5, 0.6) is 0 Å². The van der Waals surface area contributed by atoms with Crippen LogP contribution in [0.25, 0.3) is 0 Å². The first-order chi connectivity index (χ1) is 13.6. The molecule has 0 saturated heterocycles. The van der Waals surface area contributed by atoms with Gasteiger partial charge in [0, 0.05) is 111 Å². The standard InChI is InChI=1S/2C9H18N2O3.2Mn/c2*12-5-1-3-10-7-9(14)8-11-4-2-6-13;;/h2*3-4,9,12-14H,1-2,5-8H2;;. The summed E-state index contributed by atoms with van der Waals surface area (Å²) < 4.78 is 0. The van der Waals surface area contributed by atoms with Gasteiger partial charge in [-0.1, -0.05) is 0 Å². The van der Waals surface area contributed by atoms with Gasteiger partial charge in [-0.2, -0.15) is 0 Å². The fourth-order valence-corrected chi connectivity index (χ4v) is 1.50. The third-order valence-corrected chi connectivity index (χ3v) is 2.81. The third-order valence-electron chi connectivity index (χ3n) is 2.81. The third kappa shape index (κ3) is 34.9. The molecule has 0 aromatic heterocycles. The van der Waals surface area contributed by atoms with Gasteiger partial charge in [-0.3, -0.25) is 20.0 Å². The van der Waals surface area contributed by atoms with Gasteiger partial charge >= 0.3 is 0 Å². The van der Waals surface area contributed by atoms with E-state index in [-0.39, 0.29) is 60.6 Å². The molecule has 30 heavy (non-hydrogen) atoms. The molecule has 0 bridgehead atoms. The van der Waals surface area contributed by atoms with Crippen molar-refractivity contribution in [3.05, 3.63) is 0 Å². The van der Waals surface area contributed by atoms with Crippen molar-refractivity contribution < 1.29 is 64.8 Å². The summed E-state index contributed by atoms with van der Waals surface area (Å²) in [7, 11) is 0. The van der Waals surface area contributed by atoms with E-state index in [0.29, 0.717) is 51.9 Å². The Morgan fingerprint density at radius 1 is 0.467 bits per heavy atom. The number of nitrogens with zero attached hydrogens (tertiary/aromatic N) is 4. The van der Waals surface area contributed by atoms with E-state index in [1.54, 1.807) is 24.9 Å². The van der Waals surface area contributed by atoms with Gasteiger partial charge in [-0.15, -0.1) is 0 Å². The van der Waals surface area contributed by atoms with E-state index in [4.69, 9.17) is 20.4 Å². The minimum absolute atomic E-state index is 0. The van der Waals surface area contributed by atoms with E-state index < -0.39 is 12.2 Å². The number of hydrogen-bond acceptors (Lipinski definition) is 10. The second-order valence-corrected chi connectivity index (χ2v) is 5.55. The van der Waals surface area contributed by atoms with Crippen LogP contribution in [0.3, 0.4) is 0 Å². The SMILES string of the molecule is OCCC=NCC(O)CN=CCCO.OCCC=NCC(O)CN=CCCO.[Mn].[Mn]. The van der Waals surface area contributed by atoms with Crippen molar-refractivity contribution in [2.75, 3.05) is 52.6 Å². The Labute approximate surface area is 199 Å². The molecular formula is C18H36Mn2N4O6.